The molecule has 2 rings (SSSR count). The van der Waals surface area contributed by atoms with Crippen LogP contribution in [0.4, 0.5) is 14.5 Å². The molecule has 0 radical (unpaired) electrons. The van der Waals surface area contributed by atoms with Gasteiger partial charge in [-0.2, -0.15) is 8.78 Å². The molecule has 2 nitrogen and oxygen atoms in total. The Bertz CT molecular complexity index is 597. The lowest BCUT2D eigenvalue weighted by Gasteiger charge is -2.16. The molecule has 0 aliphatic rings. The van der Waals surface area contributed by atoms with Crippen LogP contribution in [0.2, 0.25) is 5.02 Å². The summed E-state index contributed by atoms with van der Waals surface area (Å²) in [4.78, 5) is 0.443. The Labute approximate surface area is 131 Å². The number of aliphatic hydroxyl groups is 1. The maximum Gasteiger partial charge on any atom is 0.288 e. The number of hydrogen-bond donors (Lipinski definition) is 2. The van der Waals surface area contributed by atoms with E-state index in [1.165, 1.54) is 0 Å². The molecule has 0 fully saturated rings. The van der Waals surface area contributed by atoms with Gasteiger partial charge in [0.25, 0.3) is 5.76 Å². The highest BCUT2D eigenvalue weighted by molar-refractivity contribution is 7.99. The number of anilines is 1. The van der Waals surface area contributed by atoms with Crippen molar-refractivity contribution in [2.75, 3.05) is 11.9 Å². The minimum atomic E-state index is -2.48. The van der Waals surface area contributed by atoms with E-state index in [0.29, 0.717) is 32.9 Å². The maximum atomic E-state index is 12.5. The highest BCUT2D eigenvalue weighted by atomic mass is 35.5. The zero-order valence-corrected chi connectivity index (χ0v) is 12.5. The van der Waals surface area contributed by atoms with E-state index in [1.54, 1.807) is 48.5 Å². The third-order valence-corrected chi connectivity index (χ3v) is 3.99. The highest BCUT2D eigenvalue weighted by Gasteiger charge is 2.13. The lowest BCUT2D eigenvalue weighted by molar-refractivity contribution is 0.191. The smallest absolute Gasteiger partial charge is 0.288 e. The summed E-state index contributed by atoms with van der Waals surface area (Å²) in [6.07, 6.45) is -0.816. The molecule has 0 aliphatic heterocycles. The van der Waals surface area contributed by atoms with Gasteiger partial charge in [-0.3, -0.25) is 0 Å². The van der Waals surface area contributed by atoms with Crippen LogP contribution in [-0.2, 0) is 0 Å². The van der Waals surface area contributed by atoms with Crippen molar-refractivity contribution in [2.45, 2.75) is 16.8 Å². The van der Waals surface area contributed by atoms with Crippen molar-refractivity contribution >= 4 is 29.1 Å². The number of hydrogen-bond acceptors (Lipinski definition) is 3. The van der Waals surface area contributed by atoms with Gasteiger partial charge in [-0.1, -0.05) is 53.7 Å². The molecular formula is C15H14ClF2NOS. The molecule has 0 bridgehead atoms. The Hall–Kier alpha value is -1.30. The van der Waals surface area contributed by atoms with E-state index in [1.807, 2.05) is 0 Å². The van der Waals surface area contributed by atoms with Gasteiger partial charge in [-0.05, 0) is 18.2 Å². The summed E-state index contributed by atoms with van der Waals surface area (Å²) < 4.78 is 25.0. The van der Waals surface area contributed by atoms with Crippen molar-refractivity contribution in [2.24, 2.45) is 0 Å². The third-order valence-electron chi connectivity index (χ3n) is 2.85. The van der Waals surface area contributed by atoms with Crippen molar-refractivity contribution in [1.29, 1.82) is 0 Å². The molecule has 1 unspecified atom stereocenters. The average Bonchev–Trinajstić information content (AvgIpc) is 2.46. The first-order valence-corrected chi connectivity index (χ1v) is 7.54. The monoisotopic (exact) mass is 329 g/mol. The van der Waals surface area contributed by atoms with E-state index < -0.39 is 11.9 Å². The van der Waals surface area contributed by atoms with Crippen LogP contribution >= 0.6 is 23.4 Å². The van der Waals surface area contributed by atoms with Crippen molar-refractivity contribution < 1.29 is 13.9 Å². The fourth-order valence-corrected chi connectivity index (χ4v) is 2.75. The van der Waals surface area contributed by atoms with Crippen LogP contribution in [0.1, 0.15) is 11.7 Å². The SMILES string of the molecule is OC(CNc1ccccc1SC(F)F)c1ccccc1Cl. The molecule has 21 heavy (non-hydrogen) atoms. The molecule has 1 atom stereocenters. The highest BCUT2D eigenvalue weighted by Crippen LogP contribution is 2.32. The van der Waals surface area contributed by atoms with Crippen molar-refractivity contribution in [3.05, 3.63) is 59.1 Å². The van der Waals surface area contributed by atoms with Crippen LogP contribution in [0.15, 0.2) is 53.4 Å². The van der Waals surface area contributed by atoms with Crippen LogP contribution < -0.4 is 5.32 Å². The number of benzene rings is 2. The maximum absolute atomic E-state index is 12.5. The zero-order valence-electron chi connectivity index (χ0n) is 11.0. The number of rotatable bonds is 6. The summed E-state index contributed by atoms with van der Waals surface area (Å²) in [6.45, 7) is 0.185. The number of alkyl halides is 2. The standard InChI is InChI=1S/C15H14ClF2NOS/c16-11-6-2-1-5-10(11)13(20)9-19-12-7-3-4-8-14(12)21-15(17)18/h1-8,13,15,19-20H,9H2. The second-order valence-electron chi connectivity index (χ2n) is 4.29. The van der Waals surface area contributed by atoms with Crippen LogP contribution in [0.3, 0.4) is 0 Å². The fraction of sp³-hybridized carbons (Fsp3) is 0.200. The fourth-order valence-electron chi connectivity index (χ4n) is 1.87. The van der Waals surface area contributed by atoms with Gasteiger partial charge in [0.15, 0.2) is 0 Å². The topological polar surface area (TPSA) is 32.3 Å². The number of para-hydroxylation sites is 1. The molecule has 2 N–H and O–H groups in total. The minimum Gasteiger partial charge on any atom is -0.387 e. The quantitative estimate of drug-likeness (QED) is 0.747. The summed E-state index contributed by atoms with van der Waals surface area (Å²) in [5.74, 6) is -2.48. The minimum absolute atomic E-state index is 0.185. The first-order valence-electron chi connectivity index (χ1n) is 6.28. The largest absolute Gasteiger partial charge is 0.387 e. The van der Waals surface area contributed by atoms with Gasteiger partial charge < -0.3 is 10.4 Å². The van der Waals surface area contributed by atoms with Gasteiger partial charge in [-0.25, -0.2) is 0 Å². The van der Waals surface area contributed by atoms with E-state index in [0.717, 1.165) is 0 Å². The molecule has 6 heteroatoms. The summed E-state index contributed by atoms with van der Waals surface area (Å²) >= 11 is 6.48. The van der Waals surface area contributed by atoms with E-state index in [4.69, 9.17) is 11.6 Å². The Kier molecular flexibility index (Phi) is 5.85. The number of thioether (sulfide) groups is 1. The molecule has 112 valence electrons. The zero-order chi connectivity index (χ0) is 15.2. The molecule has 0 amide bonds. The molecule has 0 aromatic heterocycles. The number of aliphatic hydroxyl groups excluding tert-OH is 1. The summed E-state index contributed by atoms with van der Waals surface area (Å²) in [5, 5.41) is 13.6. The number of halogens is 3. The summed E-state index contributed by atoms with van der Waals surface area (Å²) in [7, 11) is 0. The van der Waals surface area contributed by atoms with Crippen molar-refractivity contribution in [1.82, 2.24) is 0 Å². The molecular weight excluding hydrogens is 316 g/mol. The Morgan fingerprint density at radius 1 is 1.10 bits per heavy atom. The Morgan fingerprint density at radius 3 is 2.48 bits per heavy atom. The van der Waals surface area contributed by atoms with Gasteiger partial charge >= 0.3 is 0 Å². The van der Waals surface area contributed by atoms with E-state index in [9.17, 15) is 13.9 Å². The Balaban J connectivity index is 2.05. The van der Waals surface area contributed by atoms with E-state index in [2.05, 4.69) is 5.32 Å². The average molecular weight is 330 g/mol. The molecule has 2 aromatic carbocycles. The van der Waals surface area contributed by atoms with Crippen molar-refractivity contribution in [3.63, 3.8) is 0 Å². The van der Waals surface area contributed by atoms with Crippen LogP contribution in [0.25, 0.3) is 0 Å². The van der Waals surface area contributed by atoms with Crippen molar-refractivity contribution in [3.8, 4) is 0 Å². The Morgan fingerprint density at radius 2 is 1.76 bits per heavy atom. The summed E-state index contributed by atoms with van der Waals surface area (Å²) in [5.41, 5.74) is 1.17. The molecule has 0 saturated heterocycles. The van der Waals surface area contributed by atoms with Crippen LogP contribution in [0.5, 0.6) is 0 Å². The van der Waals surface area contributed by atoms with Gasteiger partial charge in [0.05, 0.1) is 6.10 Å². The summed E-state index contributed by atoms with van der Waals surface area (Å²) in [6, 6.07) is 13.7. The number of nitrogens with one attached hydrogen (secondary N) is 1. The van der Waals surface area contributed by atoms with Crippen LogP contribution in [-0.4, -0.2) is 17.4 Å². The second-order valence-corrected chi connectivity index (χ2v) is 5.73. The van der Waals surface area contributed by atoms with Gasteiger partial charge in [0.2, 0.25) is 0 Å². The van der Waals surface area contributed by atoms with Gasteiger partial charge in [0.1, 0.15) is 0 Å². The molecule has 0 spiro atoms. The van der Waals surface area contributed by atoms with Gasteiger partial charge in [0, 0.05) is 27.7 Å². The third kappa shape index (κ3) is 4.59. The lowest BCUT2D eigenvalue weighted by atomic mass is 10.1. The lowest BCUT2D eigenvalue weighted by Crippen LogP contribution is -2.13. The molecule has 0 aliphatic carbocycles. The first kappa shape index (κ1) is 16.1. The molecule has 0 heterocycles. The molecule has 0 saturated carbocycles. The predicted molar refractivity (Wildman–Crippen MR) is 83.2 cm³/mol. The molecule has 2 aromatic rings. The first-order chi connectivity index (χ1) is 10.1. The van der Waals surface area contributed by atoms with Gasteiger partial charge in [-0.15, -0.1) is 0 Å². The second kappa shape index (κ2) is 7.64. The van der Waals surface area contributed by atoms with E-state index in [-0.39, 0.29) is 6.54 Å². The van der Waals surface area contributed by atoms with Crippen LogP contribution in [0, 0.1) is 0 Å². The normalized spacial score (nSPS) is 12.4. The predicted octanol–water partition coefficient (Wildman–Crippen LogP) is 4.80. The van der Waals surface area contributed by atoms with E-state index >= 15 is 0 Å².